The Labute approximate surface area is 104 Å². The number of halogens is 2. The summed E-state index contributed by atoms with van der Waals surface area (Å²) < 4.78 is 5.48. The fourth-order valence-corrected chi connectivity index (χ4v) is 1.45. The van der Waals surface area contributed by atoms with Crippen LogP contribution in [-0.4, -0.2) is 37.1 Å². The molecule has 0 spiro atoms. The molecule has 1 N–H and O–H groups in total. The van der Waals surface area contributed by atoms with Gasteiger partial charge in [0.1, 0.15) is 0 Å². The molecule has 0 radical (unpaired) electrons. The summed E-state index contributed by atoms with van der Waals surface area (Å²) in [5.41, 5.74) is -0.176. The third-order valence-corrected chi connectivity index (χ3v) is 3.41. The van der Waals surface area contributed by atoms with Crippen LogP contribution in [0.2, 0.25) is 0 Å². The summed E-state index contributed by atoms with van der Waals surface area (Å²) in [6, 6.07) is 0. The number of nitrogens with one attached hydrogen (secondary N) is 1. The van der Waals surface area contributed by atoms with Crippen LogP contribution in [0.5, 0.6) is 0 Å². The monoisotopic (exact) mass is 255 g/mol. The Morgan fingerprint density at radius 1 is 1.20 bits per heavy atom. The highest BCUT2D eigenvalue weighted by Gasteiger charge is 2.20. The quantitative estimate of drug-likeness (QED) is 0.506. The van der Waals surface area contributed by atoms with Crippen molar-refractivity contribution in [1.29, 1.82) is 0 Å². The average molecular weight is 256 g/mol. The van der Waals surface area contributed by atoms with Crippen molar-refractivity contribution in [3.05, 3.63) is 0 Å². The van der Waals surface area contributed by atoms with Crippen molar-refractivity contribution in [2.75, 3.05) is 31.5 Å². The zero-order chi connectivity index (χ0) is 11.7. The highest BCUT2D eigenvalue weighted by Crippen LogP contribution is 2.08. The Kier molecular flexibility index (Phi) is 8.92. The lowest BCUT2D eigenvalue weighted by Gasteiger charge is -2.25. The van der Waals surface area contributed by atoms with E-state index in [0.29, 0.717) is 17.7 Å². The van der Waals surface area contributed by atoms with E-state index >= 15 is 0 Å². The molecule has 0 bridgehead atoms. The summed E-state index contributed by atoms with van der Waals surface area (Å²) in [5.74, 6) is 1.74. The Bertz CT molecular complexity index is 150. The van der Waals surface area contributed by atoms with Crippen molar-refractivity contribution in [3.8, 4) is 0 Å². The SMILES string of the molecule is CC(C)CCOCCNC(C)(CCl)CCl. The number of hydrogen-bond acceptors (Lipinski definition) is 2. The van der Waals surface area contributed by atoms with Crippen LogP contribution >= 0.6 is 23.2 Å². The van der Waals surface area contributed by atoms with Crippen LogP contribution in [-0.2, 0) is 4.74 Å². The zero-order valence-corrected chi connectivity index (χ0v) is 11.5. The van der Waals surface area contributed by atoms with Crippen LogP contribution in [0.15, 0.2) is 0 Å². The molecule has 0 rings (SSSR count). The van der Waals surface area contributed by atoms with E-state index in [0.717, 1.165) is 26.2 Å². The highest BCUT2D eigenvalue weighted by atomic mass is 35.5. The molecule has 4 heteroatoms. The normalized spacial score (nSPS) is 12.4. The molecule has 0 aliphatic heterocycles. The Balaban J connectivity index is 3.37. The fraction of sp³-hybridized carbons (Fsp3) is 1.00. The molecule has 0 saturated heterocycles. The number of hydrogen-bond donors (Lipinski definition) is 1. The van der Waals surface area contributed by atoms with Crippen LogP contribution in [0.4, 0.5) is 0 Å². The van der Waals surface area contributed by atoms with Crippen molar-refractivity contribution in [2.45, 2.75) is 32.7 Å². The van der Waals surface area contributed by atoms with Crippen LogP contribution in [0.1, 0.15) is 27.2 Å². The van der Waals surface area contributed by atoms with Crippen molar-refractivity contribution in [2.24, 2.45) is 5.92 Å². The first-order valence-electron chi connectivity index (χ1n) is 5.49. The molecule has 92 valence electrons. The largest absolute Gasteiger partial charge is 0.380 e. The topological polar surface area (TPSA) is 21.3 Å². The van der Waals surface area contributed by atoms with E-state index in [1.54, 1.807) is 0 Å². The van der Waals surface area contributed by atoms with Gasteiger partial charge in [-0.15, -0.1) is 23.2 Å². The third-order valence-electron chi connectivity index (χ3n) is 2.23. The summed E-state index contributed by atoms with van der Waals surface area (Å²) in [5, 5.41) is 3.29. The summed E-state index contributed by atoms with van der Waals surface area (Å²) in [7, 11) is 0. The molecular formula is C11H23Cl2NO. The van der Waals surface area contributed by atoms with Gasteiger partial charge in [-0.05, 0) is 19.3 Å². The average Bonchev–Trinajstić information content (AvgIpc) is 2.22. The van der Waals surface area contributed by atoms with Gasteiger partial charge in [0, 0.05) is 30.5 Å². The second-order valence-electron chi connectivity index (χ2n) is 4.55. The Morgan fingerprint density at radius 2 is 1.80 bits per heavy atom. The van der Waals surface area contributed by atoms with Crippen molar-refractivity contribution >= 4 is 23.2 Å². The van der Waals surface area contributed by atoms with Gasteiger partial charge in [-0.3, -0.25) is 0 Å². The molecular weight excluding hydrogens is 233 g/mol. The summed E-state index contributed by atoms with van der Waals surface area (Å²) >= 11 is 11.6. The van der Waals surface area contributed by atoms with E-state index in [2.05, 4.69) is 19.2 Å². The van der Waals surface area contributed by atoms with Crippen molar-refractivity contribution in [3.63, 3.8) is 0 Å². The molecule has 0 aromatic heterocycles. The molecule has 0 heterocycles. The van der Waals surface area contributed by atoms with Gasteiger partial charge >= 0.3 is 0 Å². The first-order valence-corrected chi connectivity index (χ1v) is 6.55. The van der Waals surface area contributed by atoms with Crippen LogP contribution < -0.4 is 5.32 Å². The minimum Gasteiger partial charge on any atom is -0.380 e. The van der Waals surface area contributed by atoms with Gasteiger partial charge in [-0.2, -0.15) is 0 Å². The minimum atomic E-state index is -0.176. The number of alkyl halides is 2. The Hall–Kier alpha value is 0.500. The predicted molar refractivity (Wildman–Crippen MR) is 68.1 cm³/mol. The van der Waals surface area contributed by atoms with Gasteiger partial charge in [0.05, 0.1) is 6.61 Å². The molecule has 0 aliphatic rings. The van der Waals surface area contributed by atoms with E-state index in [9.17, 15) is 0 Å². The number of rotatable bonds is 9. The molecule has 15 heavy (non-hydrogen) atoms. The molecule has 0 aliphatic carbocycles. The molecule has 0 aromatic rings. The summed E-state index contributed by atoms with van der Waals surface area (Å²) in [4.78, 5) is 0. The van der Waals surface area contributed by atoms with Crippen molar-refractivity contribution < 1.29 is 4.74 Å². The smallest absolute Gasteiger partial charge is 0.0591 e. The van der Waals surface area contributed by atoms with Crippen LogP contribution in [0.25, 0.3) is 0 Å². The maximum atomic E-state index is 5.80. The second kappa shape index (κ2) is 8.63. The van der Waals surface area contributed by atoms with Gasteiger partial charge in [0.25, 0.3) is 0 Å². The van der Waals surface area contributed by atoms with E-state index in [1.165, 1.54) is 0 Å². The number of ether oxygens (including phenoxy) is 1. The maximum Gasteiger partial charge on any atom is 0.0591 e. The fourth-order valence-electron chi connectivity index (χ4n) is 0.976. The lowest BCUT2D eigenvalue weighted by atomic mass is 10.1. The first kappa shape index (κ1) is 15.5. The van der Waals surface area contributed by atoms with E-state index in [4.69, 9.17) is 27.9 Å². The molecule has 0 aromatic carbocycles. The summed E-state index contributed by atoms with van der Waals surface area (Å²) in [6.07, 6.45) is 1.11. The molecule has 0 saturated carbocycles. The zero-order valence-electron chi connectivity index (χ0n) is 9.98. The minimum absolute atomic E-state index is 0.176. The van der Waals surface area contributed by atoms with Gasteiger partial charge < -0.3 is 10.1 Å². The lowest BCUT2D eigenvalue weighted by molar-refractivity contribution is 0.121. The van der Waals surface area contributed by atoms with Crippen LogP contribution in [0, 0.1) is 5.92 Å². The molecule has 0 atom stereocenters. The Morgan fingerprint density at radius 3 is 2.27 bits per heavy atom. The van der Waals surface area contributed by atoms with Gasteiger partial charge in [0.15, 0.2) is 0 Å². The van der Waals surface area contributed by atoms with Gasteiger partial charge in [-0.25, -0.2) is 0 Å². The van der Waals surface area contributed by atoms with E-state index < -0.39 is 0 Å². The summed E-state index contributed by atoms with van der Waals surface area (Å²) in [6.45, 7) is 8.75. The van der Waals surface area contributed by atoms with E-state index in [-0.39, 0.29) is 5.54 Å². The van der Waals surface area contributed by atoms with Gasteiger partial charge in [-0.1, -0.05) is 13.8 Å². The molecule has 0 fully saturated rings. The third kappa shape index (κ3) is 8.32. The molecule has 0 amide bonds. The molecule has 2 nitrogen and oxygen atoms in total. The van der Waals surface area contributed by atoms with Crippen LogP contribution in [0.3, 0.4) is 0 Å². The van der Waals surface area contributed by atoms with Crippen molar-refractivity contribution in [1.82, 2.24) is 5.32 Å². The predicted octanol–water partition coefficient (Wildman–Crippen LogP) is 2.88. The lowest BCUT2D eigenvalue weighted by Crippen LogP contribution is -2.47. The van der Waals surface area contributed by atoms with Gasteiger partial charge in [0.2, 0.25) is 0 Å². The second-order valence-corrected chi connectivity index (χ2v) is 5.08. The van der Waals surface area contributed by atoms with E-state index in [1.807, 2.05) is 6.92 Å². The maximum absolute atomic E-state index is 5.80. The molecule has 0 unspecified atom stereocenters. The standard InChI is InChI=1S/C11H23Cl2NO/c1-10(2)4-6-15-7-5-14-11(3,8-12)9-13/h10,14H,4-9H2,1-3H3. The first-order chi connectivity index (χ1) is 7.04. The highest BCUT2D eigenvalue weighted by molar-refractivity contribution is 6.22.